The van der Waals surface area contributed by atoms with E-state index in [1.54, 1.807) is 7.11 Å². The van der Waals surface area contributed by atoms with Crippen LogP contribution in [0.2, 0.25) is 0 Å². The van der Waals surface area contributed by atoms with Gasteiger partial charge in [-0.1, -0.05) is 26.0 Å². The van der Waals surface area contributed by atoms with Crippen LogP contribution in [-0.4, -0.2) is 18.3 Å². The third kappa shape index (κ3) is 3.24. The summed E-state index contributed by atoms with van der Waals surface area (Å²) in [5.41, 5.74) is 1.09. The van der Waals surface area contributed by atoms with Crippen LogP contribution in [0.25, 0.3) is 0 Å². The average molecular weight is 208 g/mol. The smallest absolute Gasteiger partial charge is 0.119 e. The van der Waals surface area contributed by atoms with E-state index >= 15 is 0 Å². The summed E-state index contributed by atoms with van der Waals surface area (Å²) in [6.45, 7) is 5.97. The Morgan fingerprint density at radius 1 is 1.40 bits per heavy atom. The van der Waals surface area contributed by atoms with Crippen molar-refractivity contribution in [2.24, 2.45) is 5.41 Å². The molecule has 1 aromatic rings. The summed E-state index contributed by atoms with van der Waals surface area (Å²) in [6, 6.07) is 7.99. The number of methoxy groups -OCH3 is 1. The first kappa shape index (κ1) is 12.1. The Morgan fingerprint density at radius 2 is 2.07 bits per heavy atom. The number of aliphatic hydroxyl groups is 1. The Labute approximate surface area is 91.9 Å². The van der Waals surface area contributed by atoms with Crippen molar-refractivity contribution in [3.05, 3.63) is 29.8 Å². The van der Waals surface area contributed by atoms with Crippen molar-refractivity contribution in [3.8, 4) is 5.75 Å². The van der Waals surface area contributed by atoms with Crippen LogP contribution >= 0.6 is 0 Å². The lowest BCUT2D eigenvalue weighted by molar-refractivity contribution is 0.0665. The molecule has 1 unspecified atom stereocenters. The van der Waals surface area contributed by atoms with E-state index < -0.39 is 0 Å². The van der Waals surface area contributed by atoms with E-state index in [9.17, 15) is 5.11 Å². The van der Waals surface area contributed by atoms with Crippen molar-refractivity contribution in [2.45, 2.75) is 33.3 Å². The lowest BCUT2D eigenvalue weighted by Crippen LogP contribution is -2.28. The van der Waals surface area contributed by atoms with Gasteiger partial charge < -0.3 is 9.84 Å². The van der Waals surface area contributed by atoms with Crippen LogP contribution < -0.4 is 4.74 Å². The molecule has 15 heavy (non-hydrogen) atoms. The van der Waals surface area contributed by atoms with Gasteiger partial charge in [0.05, 0.1) is 13.2 Å². The van der Waals surface area contributed by atoms with Crippen molar-refractivity contribution >= 4 is 0 Å². The minimum atomic E-state index is -0.316. The fourth-order valence-electron chi connectivity index (χ4n) is 1.46. The SMILES string of the molecule is COc1cccc(CC(C)(C)C(C)O)c1. The molecule has 0 aromatic heterocycles. The van der Waals surface area contributed by atoms with Gasteiger partial charge in [-0.05, 0) is 36.5 Å². The van der Waals surface area contributed by atoms with Gasteiger partial charge >= 0.3 is 0 Å². The van der Waals surface area contributed by atoms with Crippen LogP contribution in [0, 0.1) is 5.41 Å². The molecule has 1 rings (SSSR count). The summed E-state index contributed by atoms with van der Waals surface area (Å²) in [5.74, 6) is 0.869. The Balaban J connectivity index is 2.80. The van der Waals surface area contributed by atoms with Gasteiger partial charge in [-0.25, -0.2) is 0 Å². The van der Waals surface area contributed by atoms with Crippen LogP contribution in [0.4, 0.5) is 0 Å². The molecule has 1 aromatic carbocycles. The molecule has 0 heterocycles. The second-order valence-electron chi connectivity index (χ2n) is 4.69. The van der Waals surface area contributed by atoms with Crippen LogP contribution in [0.15, 0.2) is 24.3 Å². The second kappa shape index (κ2) is 4.67. The second-order valence-corrected chi connectivity index (χ2v) is 4.69. The highest BCUT2D eigenvalue weighted by Crippen LogP contribution is 2.27. The van der Waals surface area contributed by atoms with Crippen LogP contribution in [-0.2, 0) is 6.42 Å². The fourth-order valence-corrected chi connectivity index (χ4v) is 1.46. The van der Waals surface area contributed by atoms with Gasteiger partial charge in [0.1, 0.15) is 5.75 Å². The van der Waals surface area contributed by atoms with Crippen LogP contribution in [0.1, 0.15) is 26.3 Å². The molecule has 0 aliphatic carbocycles. The molecule has 0 saturated heterocycles. The van der Waals surface area contributed by atoms with E-state index in [0.29, 0.717) is 0 Å². The molecule has 1 N–H and O–H groups in total. The normalized spacial score (nSPS) is 13.7. The van der Waals surface area contributed by atoms with Crippen molar-refractivity contribution in [1.82, 2.24) is 0 Å². The number of aliphatic hydroxyl groups excluding tert-OH is 1. The molecule has 0 aliphatic rings. The zero-order chi connectivity index (χ0) is 11.5. The zero-order valence-electron chi connectivity index (χ0n) is 9.95. The third-order valence-corrected chi connectivity index (χ3v) is 2.92. The standard InChI is InChI=1S/C13H20O2/c1-10(14)13(2,3)9-11-6-5-7-12(8-11)15-4/h5-8,10,14H,9H2,1-4H3. The first-order valence-corrected chi connectivity index (χ1v) is 5.27. The Kier molecular flexibility index (Phi) is 3.75. The highest BCUT2D eigenvalue weighted by molar-refractivity contribution is 5.29. The molecule has 0 spiro atoms. The number of ether oxygens (including phenoxy) is 1. The number of hydrogen-bond donors (Lipinski definition) is 1. The predicted octanol–water partition coefficient (Wildman–Crippen LogP) is 2.64. The first-order valence-electron chi connectivity index (χ1n) is 5.27. The maximum atomic E-state index is 9.64. The van der Waals surface area contributed by atoms with Gasteiger partial charge in [0.25, 0.3) is 0 Å². The molecule has 0 fully saturated rings. The van der Waals surface area contributed by atoms with Crippen molar-refractivity contribution in [3.63, 3.8) is 0 Å². The fraction of sp³-hybridized carbons (Fsp3) is 0.538. The molecule has 84 valence electrons. The van der Waals surface area contributed by atoms with E-state index in [-0.39, 0.29) is 11.5 Å². The van der Waals surface area contributed by atoms with Crippen molar-refractivity contribution in [1.29, 1.82) is 0 Å². The number of rotatable bonds is 4. The van der Waals surface area contributed by atoms with Crippen LogP contribution in [0.3, 0.4) is 0 Å². The summed E-state index contributed by atoms with van der Waals surface area (Å²) in [7, 11) is 1.67. The van der Waals surface area contributed by atoms with E-state index in [4.69, 9.17) is 4.74 Å². The van der Waals surface area contributed by atoms with Gasteiger partial charge in [-0.15, -0.1) is 0 Å². The topological polar surface area (TPSA) is 29.5 Å². The van der Waals surface area contributed by atoms with Crippen LogP contribution in [0.5, 0.6) is 5.75 Å². The molecule has 0 amide bonds. The molecule has 0 aliphatic heterocycles. The molecule has 0 saturated carbocycles. The van der Waals surface area contributed by atoms with Gasteiger partial charge in [0.15, 0.2) is 0 Å². The van der Waals surface area contributed by atoms with Gasteiger partial charge in [-0.2, -0.15) is 0 Å². The maximum absolute atomic E-state index is 9.64. The van der Waals surface area contributed by atoms with Crippen molar-refractivity contribution in [2.75, 3.05) is 7.11 Å². The molecule has 0 radical (unpaired) electrons. The highest BCUT2D eigenvalue weighted by Gasteiger charge is 2.24. The van der Waals surface area contributed by atoms with E-state index in [1.165, 1.54) is 5.56 Å². The zero-order valence-corrected chi connectivity index (χ0v) is 9.95. The molecular formula is C13H20O2. The van der Waals surface area contributed by atoms with E-state index in [0.717, 1.165) is 12.2 Å². The lowest BCUT2D eigenvalue weighted by atomic mass is 9.81. The first-order chi connectivity index (χ1) is 6.95. The molecule has 2 heteroatoms. The van der Waals surface area contributed by atoms with Crippen molar-refractivity contribution < 1.29 is 9.84 Å². The minimum Gasteiger partial charge on any atom is -0.497 e. The Bertz CT molecular complexity index is 316. The largest absolute Gasteiger partial charge is 0.497 e. The number of benzene rings is 1. The van der Waals surface area contributed by atoms with E-state index in [2.05, 4.69) is 19.9 Å². The third-order valence-electron chi connectivity index (χ3n) is 2.92. The number of hydrogen-bond acceptors (Lipinski definition) is 2. The monoisotopic (exact) mass is 208 g/mol. The van der Waals surface area contributed by atoms with Gasteiger partial charge in [-0.3, -0.25) is 0 Å². The van der Waals surface area contributed by atoms with Gasteiger partial charge in [0, 0.05) is 0 Å². The molecular weight excluding hydrogens is 188 g/mol. The lowest BCUT2D eigenvalue weighted by Gasteiger charge is -2.28. The highest BCUT2D eigenvalue weighted by atomic mass is 16.5. The summed E-state index contributed by atoms with van der Waals surface area (Å²) in [4.78, 5) is 0. The van der Waals surface area contributed by atoms with Gasteiger partial charge in [0.2, 0.25) is 0 Å². The van der Waals surface area contributed by atoms with E-state index in [1.807, 2.05) is 25.1 Å². The quantitative estimate of drug-likeness (QED) is 0.824. The molecule has 2 nitrogen and oxygen atoms in total. The minimum absolute atomic E-state index is 0.105. The Hall–Kier alpha value is -1.02. The summed E-state index contributed by atoms with van der Waals surface area (Å²) < 4.78 is 5.17. The summed E-state index contributed by atoms with van der Waals surface area (Å²) >= 11 is 0. The maximum Gasteiger partial charge on any atom is 0.119 e. The molecule has 1 atom stereocenters. The Morgan fingerprint density at radius 3 is 2.60 bits per heavy atom. The summed E-state index contributed by atoms with van der Waals surface area (Å²) in [6.07, 6.45) is 0.533. The average Bonchev–Trinajstić information content (AvgIpc) is 2.17. The predicted molar refractivity (Wildman–Crippen MR) is 62.2 cm³/mol. The molecule has 0 bridgehead atoms. The summed E-state index contributed by atoms with van der Waals surface area (Å²) in [5, 5.41) is 9.64.